The quantitative estimate of drug-likeness (QED) is 0.589. The summed E-state index contributed by atoms with van der Waals surface area (Å²) in [5.74, 6) is -2.28. The van der Waals surface area contributed by atoms with Gasteiger partial charge in [0.15, 0.2) is 22.8 Å². The summed E-state index contributed by atoms with van der Waals surface area (Å²) < 4.78 is 38.4. The van der Waals surface area contributed by atoms with Crippen molar-refractivity contribution in [3.63, 3.8) is 0 Å². The molecule has 8 atom stereocenters. The average Bonchev–Trinajstić information content (AvgIpc) is 3.53. The minimum absolute atomic E-state index is 0.0370. The zero-order chi connectivity index (χ0) is 25.7. The zero-order valence-electron chi connectivity index (χ0n) is 20.3. The van der Waals surface area contributed by atoms with E-state index in [0.717, 1.165) is 0 Å². The molecule has 2 saturated carbocycles. The lowest BCUT2D eigenvalue weighted by atomic mass is 9.45. The van der Waals surface area contributed by atoms with Crippen molar-refractivity contribution >= 4 is 23.2 Å². The lowest BCUT2D eigenvalue weighted by molar-refractivity contribution is -0.266. The molecule has 2 heterocycles. The zero-order valence-corrected chi connectivity index (χ0v) is 21.1. The Morgan fingerprint density at radius 1 is 1.33 bits per heavy atom. The van der Waals surface area contributed by atoms with Crippen LogP contribution in [-0.2, 0) is 21.0 Å². The predicted octanol–water partition coefficient (Wildman–Crippen LogP) is 4.47. The topological polar surface area (TPSA) is 80.0 Å². The molecule has 0 aromatic carbocycles. The summed E-state index contributed by atoms with van der Waals surface area (Å²) in [5, 5.41) is 13.2. The number of hydrogen-bond donors (Lipinski definition) is 1. The first-order chi connectivity index (χ1) is 17.0. The standard InChI is InChI=1S/C27H30ClF2NO5/c1-24-6-5-16(32)9-20(24)21(29)10-19-18-8-15-13-31(14-17-4-3-7-35-17)36-27(15,23(34)12-28)25(18,2)11-22(33)26(19,24)30/h3-7,15,18-19,22,33H,8-14H2,1-2H3/t15-,18-,19-,22-,24-,25-,26-,27-/m0/s1. The summed E-state index contributed by atoms with van der Waals surface area (Å²) in [4.78, 5) is 32.1. The van der Waals surface area contributed by atoms with Crippen LogP contribution in [0.2, 0.25) is 0 Å². The van der Waals surface area contributed by atoms with Gasteiger partial charge in [-0.15, -0.1) is 11.6 Å². The number of rotatable bonds is 4. The molecule has 1 N–H and O–H groups in total. The van der Waals surface area contributed by atoms with Gasteiger partial charge in [-0.2, -0.15) is 5.06 Å². The number of furan rings is 1. The van der Waals surface area contributed by atoms with E-state index in [-0.39, 0.29) is 48.2 Å². The summed E-state index contributed by atoms with van der Waals surface area (Å²) in [6, 6.07) is 3.59. The molecule has 0 radical (unpaired) electrons. The Labute approximate surface area is 213 Å². The first-order valence-electron chi connectivity index (χ1n) is 12.5. The van der Waals surface area contributed by atoms with Crippen molar-refractivity contribution in [1.82, 2.24) is 5.06 Å². The van der Waals surface area contributed by atoms with Gasteiger partial charge >= 0.3 is 0 Å². The van der Waals surface area contributed by atoms with E-state index in [1.807, 2.05) is 13.0 Å². The molecule has 0 spiro atoms. The Kier molecular flexibility index (Phi) is 5.31. The minimum Gasteiger partial charge on any atom is -0.468 e. The summed E-state index contributed by atoms with van der Waals surface area (Å²) in [5.41, 5.74) is -5.82. The highest BCUT2D eigenvalue weighted by molar-refractivity contribution is 6.29. The number of hydroxylamine groups is 2. The van der Waals surface area contributed by atoms with E-state index in [9.17, 15) is 14.7 Å². The molecule has 4 aliphatic carbocycles. The molecule has 1 aliphatic heterocycles. The molecule has 3 fully saturated rings. The molecule has 6 nitrogen and oxygen atoms in total. The highest BCUT2D eigenvalue weighted by atomic mass is 35.5. The molecule has 1 aromatic heterocycles. The van der Waals surface area contributed by atoms with Crippen LogP contribution in [0.15, 0.2) is 46.4 Å². The Balaban J connectivity index is 1.43. The molecular formula is C27H30ClF2NO5. The maximum absolute atomic E-state index is 17.4. The summed E-state index contributed by atoms with van der Waals surface area (Å²) >= 11 is 6.12. The number of carbonyl (C=O) groups is 2. The molecule has 0 unspecified atom stereocenters. The van der Waals surface area contributed by atoms with Crippen LogP contribution in [0.1, 0.15) is 45.3 Å². The smallest absolute Gasteiger partial charge is 0.182 e. The number of allylic oxidation sites excluding steroid dienone is 4. The average molecular weight is 522 g/mol. The molecule has 1 saturated heterocycles. The molecule has 5 aliphatic rings. The molecular weight excluding hydrogens is 492 g/mol. The number of carbonyl (C=O) groups excluding carboxylic acids is 2. The van der Waals surface area contributed by atoms with E-state index in [0.29, 0.717) is 25.3 Å². The maximum atomic E-state index is 17.4. The summed E-state index contributed by atoms with van der Waals surface area (Å²) in [7, 11) is 0. The molecule has 6 rings (SSSR count). The number of nitrogens with zero attached hydrogens (tertiary/aromatic N) is 1. The fourth-order valence-electron chi connectivity index (χ4n) is 8.57. The van der Waals surface area contributed by atoms with Crippen molar-refractivity contribution in [2.75, 3.05) is 12.4 Å². The highest BCUT2D eigenvalue weighted by Gasteiger charge is 2.79. The predicted molar refractivity (Wildman–Crippen MR) is 126 cm³/mol. The second-order valence-electron chi connectivity index (χ2n) is 11.6. The molecule has 0 amide bonds. The van der Waals surface area contributed by atoms with Crippen molar-refractivity contribution in [3.8, 4) is 0 Å². The number of hydrogen-bond acceptors (Lipinski definition) is 6. The molecule has 9 heteroatoms. The van der Waals surface area contributed by atoms with Gasteiger partial charge < -0.3 is 9.52 Å². The van der Waals surface area contributed by atoms with Crippen LogP contribution in [0.25, 0.3) is 0 Å². The summed E-state index contributed by atoms with van der Waals surface area (Å²) in [6.07, 6.45) is 2.82. The second kappa shape index (κ2) is 7.82. The van der Waals surface area contributed by atoms with E-state index in [1.54, 1.807) is 24.3 Å². The van der Waals surface area contributed by atoms with Crippen LogP contribution in [-0.4, -0.2) is 51.5 Å². The molecule has 0 bridgehead atoms. The second-order valence-corrected chi connectivity index (χ2v) is 11.9. The van der Waals surface area contributed by atoms with Gasteiger partial charge in [0.1, 0.15) is 11.6 Å². The van der Waals surface area contributed by atoms with Gasteiger partial charge in [0.25, 0.3) is 0 Å². The van der Waals surface area contributed by atoms with E-state index < -0.39 is 45.9 Å². The Morgan fingerprint density at radius 2 is 2.11 bits per heavy atom. The third-order valence-electron chi connectivity index (χ3n) is 10.2. The SMILES string of the molecule is C[C@]12C=CC(=O)CC1=C(F)C[C@H]1[C@@H]3C[C@H]4CN(Cc5ccco5)O[C@@]4(C(=O)CCl)[C@@]3(C)C[C@H](O)[C@@]12F. The molecule has 1 aromatic rings. The number of aliphatic hydroxyl groups is 1. The number of fused-ring (bicyclic) bond motifs is 7. The van der Waals surface area contributed by atoms with Crippen molar-refractivity contribution in [1.29, 1.82) is 0 Å². The molecule has 194 valence electrons. The van der Waals surface area contributed by atoms with E-state index in [1.165, 1.54) is 12.2 Å². The fraction of sp³-hybridized carbons (Fsp3) is 0.630. The number of alkyl halides is 2. The first-order valence-corrected chi connectivity index (χ1v) is 13.1. The summed E-state index contributed by atoms with van der Waals surface area (Å²) in [6.45, 7) is 4.19. The van der Waals surface area contributed by atoms with Crippen molar-refractivity contribution in [3.05, 3.63) is 47.7 Å². The van der Waals surface area contributed by atoms with Crippen molar-refractivity contribution in [2.24, 2.45) is 28.6 Å². The third-order valence-corrected chi connectivity index (χ3v) is 10.4. The monoisotopic (exact) mass is 521 g/mol. The van der Waals surface area contributed by atoms with Crippen molar-refractivity contribution < 1.29 is 32.7 Å². The number of Topliss-reactive ketones (excluding diaryl/α,β-unsaturated/α-hetero) is 1. The van der Waals surface area contributed by atoms with Crippen LogP contribution < -0.4 is 0 Å². The van der Waals surface area contributed by atoms with Crippen molar-refractivity contribution in [2.45, 2.75) is 63.4 Å². The normalized spacial score (nSPS) is 45.9. The van der Waals surface area contributed by atoms with Gasteiger partial charge in [0.2, 0.25) is 0 Å². The maximum Gasteiger partial charge on any atom is 0.182 e. The first kappa shape index (κ1) is 24.5. The fourth-order valence-corrected chi connectivity index (χ4v) is 8.76. The lowest BCUT2D eigenvalue weighted by Gasteiger charge is -2.62. The van der Waals surface area contributed by atoms with E-state index >= 15 is 8.78 Å². The van der Waals surface area contributed by atoms with Gasteiger partial charge in [-0.05, 0) is 49.5 Å². The van der Waals surface area contributed by atoms with Gasteiger partial charge in [0.05, 0.1) is 24.8 Å². The minimum atomic E-state index is -2.18. The molecule has 36 heavy (non-hydrogen) atoms. The highest BCUT2D eigenvalue weighted by Crippen LogP contribution is 2.72. The van der Waals surface area contributed by atoms with Crippen LogP contribution in [0.4, 0.5) is 8.78 Å². The van der Waals surface area contributed by atoms with Crippen LogP contribution in [0, 0.1) is 28.6 Å². The van der Waals surface area contributed by atoms with Gasteiger partial charge in [0, 0.05) is 42.1 Å². The largest absolute Gasteiger partial charge is 0.468 e. The number of halogens is 3. The number of aliphatic hydroxyl groups excluding tert-OH is 1. The Bertz CT molecular complexity index is 1180. The van der Waals surface area contributed by atoms with E-state index in [4.69, 9.17) is 20.9 Å². The van der Waals surface area contributed by atoms with Crippen LogP contribution >= 0.6 is 11.6 Å². The van der Waals surface area contributed by atoms with Gasteiger partial charge in [-0.3, -0.25) is 14.4 Å². The van der Waals surface area contributed by atoms with Crippen LogP contribution in [0.3, 0.4) is 0 Å². The lowest BCUT2D eigenvalue weighted by Crippen LogP contribution is -2.69. The van der Waals surface area contributed by atoms with Gasteiger partial charge in [-0.25, -0.2) is 8.78 Å². The van der Waals surface area contributed by atoms with Crippen LogP contribution in [0.5, 0.6) is 0 Å². The Morgan fingerprint density at radius 3 is 2.81 bits per heavy atom. The third kappa shape index (κ3) is 2.82. The Hall–Kier alpha value is -1.87. The number of ketones is 2. The van der Waals surface area contributed by atoms with E-state index in [2.05, 4.69) is 0 Å². The van der Waals surface area contributed by atoms with Gasteiger partial charge in [-0.1, -0.05) is 13.0 Å².